The van der Waals surface area contributed by atoms with E-state index in [1.807, 2.05) is 39.0 Å². The van der Waals surface area contributed by atoms with Gasteiger partial charge in [0, 0.05) is 11.5 Å². The summed E-state index contributed by atoms with van der Waals surface area (Å²) in [5.41, 5.74) is 5.93. The second-order valence-corrected chi connectivity index (χ2v) is 9.31. The molecule has 188 valence electrons. The summed E-state index contributed by atoms with van der Waals surface area (Å²) in [7, 11) is 0. The number of nitrogens with one attached hydrogen (secondary N) is 1. The second kappa shape index (κ2) is 14.6. The highest BCUT2D eigenvalue weighted by Gasteiger charge is 2.46. The van der Waals surface area contributed by atoms with E-state index < -0.39 is 5.41 Å². The third kappa shape index (κ3) is 7.11. The molecule has 3 atom stereocenters. The Bertz CT molecular complexity index is 992. The summed E-state index contributed by atoms with van der Waals surface area (Å²) in [4.78, 5) is 11.8. The molecule has 3 heteroatoms. The fourth-order valence-corrected chi connectivity index (χ4v) is 5.44. The number of nitroso groups, excluding NO2 is 1. The minimum absolute atomic E-state index is 0.237. The van der Waals surface area contributed by atoms with E-state index in [-0.39, 0.29) is 6.54 Å². The van der Waals surface area contributed by atoms with Gasteiger partial charge in [0.1, 0.15) is 0 Å². The summed E-state index contributed by atoms with van der Waals surface area (Å²) >= 11 is 0. The average molecular weight is 473 g/mol. The van der Waals surface area contributed by atoms with Crippen LogP contribution in [0.2, 0.25) is 0 Å². The molecule has 3 nitrogen and oxygen atoms in total. The van der Waals surface area contributed by atoms with Gasteiger partial charge in [-0.15, -0.1) is 0 Å². The van der Waals surface area contributed by atoms with E-state index in [4.69, 9.17) is 0 Å². The Kier molecular flexibility index (Phi) is 11.9. The summed E-state index contributed by atoms with van der Waals surface area (Å²) in [5, 5.41) is 7.27. The minimum atomic E-state index is -0.436. The van der Waals surface area contributed by atoms with Crippen molar-refractivity contribution in [2.24, 2.45) is 11.1 Å². The monoisotopic (exact) mass is 472 g/mol. The Hall–Kier alpha value is -2.78. The highest BCUT2D eigenvalue weighted by atomic mass is 16.3. The molecule has 1 N–H and O–H groups in total. The Morgan fingerprint density at radius 1 is 1.11 bits per heavy atom. The highest BCUT2D eigenvalue weighted by molar-refractivity contribution is 5.45. The van der Waals surface area contributed by atoms with Crippen LogP contribution in [0.1, 0.15) is 62.3 Å². The number of benzene rings is 2. The molecule has 0 radical (unpaired) electrons. The fraction of sp³-hybridized carbons (Fsp3) is 0.438. The standard InChI is InChI=1S/C30H38N2O.C2H6/c1-5-10-26(11-6-2)30(22-32-33,27-12-8-7-9-13-27)28-16-17-29(21-28)31-19-18-25-15-14-23(3)24(4)20-25;1-2/h5-15,20,28-29,31H,1,16-19,21-22H2,2-4H3;1-2H3/b11-6-,26-10+;. The number of allylic oxidation sites excluding steroid dienone is 4. The smallest absolute Gasteiger partial charge is 0.0951 e. The maximum absolute atomic E-state index is 11.8. The van der Waals surface area contributed by atoms with Gasteiger partial charge in [-0.05, 0) is 86.7 Å². The molecule has 0 heterocycles. The van der Waals surface area contributed by atoms with Crippen molar-refractivity contribution >= 4 is 0 Å². The van der Waals surface area contributed by atoms with Gasteiger partial charge < -0.3 is 5.32 Å². The molecule has 0 amide bonds. The Morgan fingerprint density at radius 3 is 2.49 bits per heavy atom. The molecule has 3 unspecified atom stereocenters. The van der Waals surface area contributed by atoms with E-state index in [1.165, 1.54) is 16.7 Å². The third-order valence-corrected chi connectivity index (χ3v) is 7.31. The zero-order valence-corrected chi connectivity index (χ0v) is 22.4. The van der Waals surface area contributed by atoms with Crippen molar-refractivity contribution in [1.29, 1.82) is 0 Å². The van der Waals surface area contributed by atoms with Gasteiger partial charge in [-0.25, -0.2) is 0 Å². The van der Waals surface area contributed by atoms with Crippen molar-refractivity contribution in [1.82, 2.24) is 5.32 Å². The highest BCUT2D eigenvalue weighted by Crippen LogP contribution is 2.48. The Labute approximate surface area is 213 Å². The summed E-state index contributed by atoms with van der Waals surface area (Å²) < 4.78 is 0. The predicted octanol–water partition coefficient (Wildman–Crippen LogP) is 8.02. The molecule has 1 fully saturated rings. The molecule has 3 rings (SSSR count). The van der Waals surface area contributed by atoms with Crippen LogP contribution in [0, 0.1) is 24.7 Å². The van der Waals surface area contributed by atoms with Gasteiger partial charge in [0.15, 0.2) is 0 Å². The van der Waals surface area contributed by atoms with Gasteiger partial charge in [-0.1, -0.05) is 98.4 Å². The van der Waals surface area contributed by atoms with Crippen molar-refractivity contribution < 1.29 is 0 Å². The van der Waals surface area contributed by atoms with E-state index in [1.54, 1.807) is 0 Å². The van der Waals surface area contributed by atoms with Crippen molar-refractivity contribution in [3.63, 3.8) is 0 Å². The molecule has 2 aromatic carbocycles. The maximum Gasteiger partial charge on any atom is 0.0951 e. The second-order valence-electron chi connectivity index (χ2n) is 9.31. The molecule has 0 spiro atoms. The number of aryl methyl sites for hydroxylation is 2. The number of nitrogens with zero attached hydrogens (tertiary/aromatic N) is 1. The number of hydrogen-bond donors (Lipinski definition) is 1. The summed E-state index contributed by atoms with van der Waals surface area (Å²) in [6.45, 7) is 15.5. The van der Waals surface area contributed by atoms with Crippen molar-refractivity contribution in [3.8, 4) is 0 Å². The summed E-state index contributed by atoms with van der Waals surface area (Å²) in [6, 6.07) is 17.6. The number of hydrogen-bond acceptors (Lipinski definition) is 3. The van der Waals surface area contributed by atoms with Crippen molar-refractivity contribution in [3.05, 3.63) is 112 Å². The minimum Gasteiger partial charge on any atom is -0.314 e. The largest absolute Gasteiger partial charge is 0.314 e. The average Bonchev–Trinajstić information content (AvgIpc) is 3.35. The molecule has 1 aliphatic rings. The lowest BCUT2D eigenvalue weighted by Gasteiger charge is -2.39. The van der Waals surface area contributed by atoms with Crippen LogP contribution < -0.4 is 5.32 Å². The van der Waals surface area contributed by atoms with Crippen LogP contribution in [0.25, 0.3) is 0 Å². The molecule has 1 saturated carbocycles. The van der Waals surface area contributed by atoms with E-state index in [0.29, 0.717) is 12.0 Å². The first-order valence-corrected chi connectivity index (χ1v) is 13.1. The number of rotatable bonds is 11. The van der Waals surface area contributed by atoms with Crippen LogP contribution in [-0.4, -0.2) is 19.1 Å². The third-order valence-electron chi connectivity index (χ3n) is 7.31. The first kappa shape index (κ1) is 28.5. The van der Waals surface area contributed by atoms with Crippen molar-refractivity contribution in [2.75, 3.05) is 13.1 Å². The normalized spacial score (nSPS) is 19.6. The van der Waals surface area contributed by atoms with Crippen molar-refractivity contribution in [2.45, 2.75) is 71.8 Å². The molecule has 0 aliphatic heterocycles. The molecule has 2 aromatic rings. The van der Waals surface area contributed by atoms with Gasteiger partial charge >= 0.3 is 0 Å². The molecular weight excluding hydrogens is 428 g/mol. The van der Waals surface area contributed by atoms with Gasteiger partial charge in [-0.2, -0.15) is 4.91 Å². The topological polar surface area (TPSA) is 41.5 Å². The molecular formula is C32H44N2O. The SMILES string of the molecule is C=C/C=C(\C=C/C)C(CN=O)(c1ccccc1)C1CCC(NCCc2ccc(C)c(C)c2)C1.CC. The predicted molar refractivity (Wildman–Crippen MR) is 152 cm³/mol. The van der Waals surface area contributed by atoms with E-state index in [9.17, 15) is 4.91 Å². The van der Waals surface area contributed by atoms with E-state index in [2.05, 4.69) is 85.5 Å². The summed E-state index contributed by atoms with van der Waals surface area (Å²) in [6.07, 6.45) is 12.3. The first-order valence-electron chi connectivity index (χ1n) is 13.1. The summed E-state index contributed by atoms with van der Waals surface area (Å²) in [5.74, 6) is 0.333. The zero-order chi connectivity index (χ0) is 25.7. The van der Waals surface area contributed by atoms with E-state index >= 15 is 0 Å². The molecule has 0 bridgehead atoms. The van der Waals surface area contributed by atoms with Gasteiger partial charge in [-0.3, -0.25) is 0 Å². The first-order chi connectivity index (χ1) is 17.0. The lowest BCUT2D eigenvalue weighted by atomic mass is 9.64. The molecule has 0 saturated heterocycles. The lowest BCUT2D eigenvalue weighted by molar-refractivity contribution is 0.324. The van der Waals surface area contributed by atoms with E-state index in [0.717, 1.165) is 43.4 Å². The van der Waals surface area contributed by atoms with Crippen LogP contribution in [0.15, 0.2) is 90.2 Å². The van der Waals surface area contributed by atoms with Crippen LogP contribution in [-0.2, 0) is 11.8 Å². The van der Waals surface area contributed by atoms with Crippen LogP contribution in [0.3, 0.4) is 0 Å². The van der Waals surface area contributed by atoms with Crippen LogP contribution >= 0.6 is 0 Å². The molecule has 1 aliphatic carbocycles. The van der Waals surface area contributed by atoms with Gasteiger partial charge in [0.25, 0.3) is 0 Å². The Balaban J connectivity index is 0.00000210. The van der Waals surface area contributed by atoms with Gasteiger partial charge in [0.2, 0.25) is 0 Å². The maximum atomic E-state index is 11.8. The lowest BCUT2D eigenvalue weighted by Crippen LogP contribution is -2.40. The van der Waals surface area contributed by atoms with Gasteiger partial charge in [0.05, 0.1) is 6.54 Å². The zero-order valence-electron chi connectivity index (χ0n) is 22.4. The molecule has 35 heavy (non-hydrogen) atoms. The van der Waals surface area contributed by atoms with Crippen LogP contribution in [0.5, 0.6) is 0 Å². The quantitative estimate of drug-likeness (QED) is 0.266. The molecule has 0 aromatic heterocycles. The fourth-order valence-electron chi connectivity index (χ4n) is 5.44. The Morgan fingerprint density at radius 2 is 1.86 bits per heavy atom. The van der Waals surface area contributed by atoms with Crippen LogP contribution in [0.4, 0.5) is 0 Å².